The highest BCUT2D eigenvalue weighted by atomic mass is 19.4. The van der Waals surface area contributed by atoms with Crippen molar-refractivity contribution in [1.29, 1.82) is 0 Å². The third kappa shape index (κ3) is 7.03. The number of alkyl carbamates (subject to hydrolysis) is 1. The SMILES string of the molecule is COC(=O)N[C@H](C(=O)N1C[C@H]2[C@@H]([C@H]1C(=O)N[C@@H](C[C@@H]1CCNC1=O)C(=O)COc1cc(C(F)(F)F)nn1C)C2(C)C)C(C)(C)C. The Morgan fingerprint density at radius 3 is 2.38 bits per heavy atom. The number of carbonyl (C=O) groups excluding carboxylic acids is 5. The van der Waals surface area contributed by atoms with E-state index < -0.39 is 71.6 Å². The average Bonchev–Trinajstić information content (AvgIpc) is 3.42. The second-order valence-corrected chi connectivity index (χ2v) is 13.6. The number of fused-ring (bicyclic) bond motifs is 1. The van der Waals surface area contributed by atoms with Gasteiger partial charge in [-0.3, -0.25) is 19.2 Å². The number of amides is 4. The lowest BCUT2D eigenvalue weighted by Crippen LogP contribution is -2.60. The molecule has 0 unspecified atom stereocenters. The molecule has 1 aliphatic carbocycles. The van der Waals surface area contributed by atoms with Gasteiger partial charge in [0.1, 0.15) is 12.1 Å². The monoisotopic (exact) mass is 642 g/mol. The number of Topliss-reactive ketones (excluding diaryl/α,β-unsaturated/α-hetero) is 1. The molecule has 0 bridgehead atoms. The van der Waals surface area contributed by atoms with Crippen molar-refractivity contribution in [3.8, 4) is 5.88 Å². The number of alkyl halides is 3. The number of carbonyl (C=O) groups is 5. The molecule has 4 amide bonds. The number of hydrogen-bond donors (Lipinski definition) is 3. The first-order valence-electron chi connectivity index (χ1n) is 14.8. The van der Waals surface area contributed by atoms with Crippen molar-refractivity contribution in [2.75, 3.05) is 26.8 Å². The van der Waals surface area contributed by atoms with Crippen molar-refractivity contribution in [2.45, 2.75) is 71.8 Å². The average molecular weight is 643 g/mol. The predicted molar refractivity (Wildman–Crippen MR) is 151 cm³/mol. The van der Waals surface area contributed by atoms with Crippen molar-refractivity contribution in [2.24, 2.45) is 35.6 Å². The van der Waals surface area contributed by atoms with Crippen LogP contribution in [0.5, 0.6) is 5.88 Å². The van der Waals surface area contributed by atoms with Gasteiger partial charge in [-0.05, 0) is 35.5 Å². The van der Waals surface area contributed by atoms with Gasteiger partial charge in [-0.25, -0.2) is 9.48 Å². The molecule has 2 aliphatic heterocycles. The number of piperidine rings is 1. The van der Waals surface area contributed by atoms with E-state index in [1.54, 1.807) is 20.8 Å². The van der Waals surface area contributed by atoms with Crippen LogP contribution in [0.4, 0.5) is 18.0 Å². The Labute approximate surface area is 258 Å². The molecule has 16 heteroatoms. The highest BCUT2D eigenvalue weighted by Gasteiger charge is 2.70. The number of rotatable bonds is 10. The number of nitrogens with zero attached hydrogens (tertiary/aromatic N) is 3. The number of nitrogens with one attached hydrogen (secondary N) is 3. The number of aryl methyl sites for hydroxylation is 1. The number of aromatic nitrogens is 2. The first kappa shape index (κ1) is 34.0. The molecular weight excluding hydrogens is 601 g/mol. The number of halogens is 3. The van der Waals surface area contributed by atoms with Gasteiger partial charge in [0, 0.05) is 32.1 Å². The van der Waals surface area contributed by atoms with Crippen LogP contribution >= 0.6 is 0 Å². The second-order valence-electron chi connectivity index (χ2n) is 13.6. The lowest BCUT2D eigenvalue weighted by molar-refractivity contribution is -0.144. The molecule has 3 fully saturated rings. The summed E-state index contributed by atoms with van der Waals surface area (Å²) in [5, 5.41) is 11.4. The van der Waals surface area contributed by atoms with Crippen molar-refractivity contribution in [3.63, 3.8) is 0 Å². The Kier molecular flexibility index (Phi) is 9.19. The lowest BCUT2D eigenvalue weighted by atomic mass is 9.85. The van der Waals surface area contributed by atoms with E-state index in [4.69, 9.17) is 9.47 Å². The summed E-state index contributed by atoms with van der Waals surface area (Å²) in [6, 6.07) is -2.56. The topological polar surface area (TPSA) is 161 Å². The van der Waals surface area contributed by atoms with E-state index in [2.05, 4.69) is 21.0 Å². The molecule has 3 N–H and O–H groups in total. The highest BCUT2D eigenvalue weighted by molar-refractivity contribution is 5.96. The van der Waals surface area contributed by atoms with Crippen molar-refractivity contribution >= 4 is 29.6 Å². The van der Waals surface area contributed by atoms with E-state index in [0.29, 0.717) is 19.0 Å². The third-order valence-electron chi connectivity index (χ3n) is 9.20. The molecule has 1 aromatic rings. The number of methoxy groups -OCH3 is 1. The van der Waals surface area contributed by atoms with Gasteiger partial charge in [-0.15, -0.1) is 0 Å². The molecule has 45 heavy (non-hydrogen) atoms. The summed E-state index contributed by atoms with van der Waals surface area (Å²) in [7, 11) is 2.41. The fourth-order valence-corrected chi connectivity index (χ4v) is 6.46. The van der Waals surface area contributed by atoms with E-state index in [1.165, 1.54) is 19.1 Å². The zero-order valence-electron chi connectivity index (χ0n) is 26.4. The van der Waals surface area contributed by atoms with Gasteiger partial charge < -0.3 is 30.3 Å². The summed E-state index contributed by atoms with van der Waals surface area (Å²) in [4.78, 5) is 67.2. The second kappa shape index (κ2) is 12.2. The standard InChI is InChI=1S/C29H41F3N6O7/c1-27(2,3)22(35-26(43)44-7)25(42)38-12-15-20(28(15,4)5)21(38)24(41)34-16(10-14-8-9-33-23(14)40)17(39)13-45-19-11-18(29(30,31)32)36-37(19)6/h11,14-16,20-22H,8-10,12-13H2,1-7H3,(H,33,40)(H,34,41)(H,35,43)/t14-,15-,16-,20-,21-,22+/m0/s1. The molecule has 0 radical (unpaired) electrons. The zero-order valence-corrected chi connectivity index (χ0v) is 26.4. The Balaban J connectivity index is 1.56. The maximum Gasteiger partial charge on any atom is 0.435 e. The van der Waals surface area contributed by atoms with Crippen LogP contribution in [0.3, 0.4) is 0 Å². The van der Waals surface area contributed by atoms with Crippen LogP contribution in [0, 0.1) is 28.6 Å². The van der Waals surface area contributed by atoms with Gasteiger partial charge in [-0.2, -0.15) is 18.3 Å². The van der Waals surface area contributed by atoms with Crippen LogP contribution in [0.2, 0.25) is 0 Å². The molecule has 250 valence electrons. The summed E-state index contributed by atoms with van der Waals surface area (Å²) in [6.45, 7) is 9.23. The van der Waals surface area contributed by atoms with E-state index in [0.717, 1.165) is 4.68 Å². The quantitative estimate of drug-likeness (QED) is 0.347. The third-order valence-corrected chi connectivity index (χ3v) is 9.20. The van der Waals surface area contributed by atoms with Gasteiger partial charge in [0.15, 0.2) is 18.1 Å². The summed E-state index contributed by atoms with van der Waals surface area (Å²) < 4.78 is 50.2. The van der Waals surface area contributed by atoms with Crippen molar-refractivity contribution < 1.29 is 46.6 Å². The number of hydrogen-bond acceptors (Lipinski definition) is 8. The Hall–Kier alpha value is -3.85. The van der Waals surface area contributed by atoms with E-state index >= 15 is 0 Å². The molecule has 3 heterocycles. The Bertz CT molecular complexity index is 1350. The van der Waals surface area contributed by atoms with E-state index in [1.807, 2.05) is 13.8 Å². The summed E-state index contributed by atoms with van der Waals surface area (Å²) in [5.41, 5.74) is -2.20. The number of ether oxygens (including phenoxy) is 2. The van der Waals surface area contributed by atoms with Crippen molar-refractivity contribution in [1.82, 2.24) is 30.6 Å². The first-order chi connectivity index (χ1) is 20.8. The fraction of sp³-hybridized carbons (Fsp3) is 0.724. The molecule has 0 aromatic carbocycles. The maximum absolute atomic E-state index is 14.0. The predicted octanol–water partition coefficient (Wildman–Crippen LogP) is 1.65. The smallest absolute Gasteiger partial charge is 0.435 e. The van der Waals surface area contributed by atoms with E-state index in [9.17, 15) is 37.1 Å². The summed E-state index contributed by atoms with van der Waals surface area (Å²) in [5.74, 6) is -3.15. The molecule has 2 saturated heterocycles. The molecule has 4 rings (SSSR count). The van der Waals surface area contributed by atoms with Gasteiger partial charge in [0.05, 0.1) is 13.2 Å². The van der Waals surface area contributed by atoms with Gasteiger partial charge >= 0.3 is 12.3 Å². The van der Waals surface area contributed by atoms with Gasteiger partial charge in [0.2, 0.25) is 23.6 Å². The molecule has 1 aromatic heterocycles. The normalized spacial score (nSPS) is 25.1. The minimum atomic E-state index is -4.72. The Morgan fingerprint density at radius 2 is 1.84 bits per heavy atom. The highest BCUT2D eigenvalue weighted by Crippen LogP contribution is 2.65. The zero-order chi connectivity index (χ0) is 33.6. The number of ketones is 1. The molecule has 0 spiro atoms. The van der Waals surface area contributed by atoms with Gasteiger partial charge in [-0.1, -0.05) is 34.6 Å². The van der Waals surface area contributed by atoms with Crippen LogP contribution in [0.15, 0.2) is 6.07 Å². The van der Waals surface area contributed by atoms with Crippen LogP contribution in [0.25, 0.3) is 0 Å². The molecule has 6 atom stereocenters. The van der Waals surface area contributed by atoms with Gasteiger partial charge in [0.25, 0.3) is 0 Å². The molecule has 3 aliphatic rings. The maximum atomic E-state index is 14.0. The molecule has 13 nitrogen and oxygen atoms in total. The van der Waals surface area contributed by atoms with Crippen LogP contribution in [-0.4, -0.2) is 89.2 Å². The lowest BCUT2D eigenvalue weighted by Gasteiger charge is -2.37. The fourth-order valence-electron chi connectivity index (χ4n) is 6.46. The van der Waals surface area contributed by atoms with Crippen LogP contribution in [-0.2, 0) is 37.1 Å². The van der Waals surface area contributed by atoms with E-state index in [-0.39, 0.29) is 42.0 Å². The molecular formula is C29H41F3N6O7. The summed E-state index contributed by atoms with van der Waals surface area (Å²) in [6.07, 6.45) is -5.15. The van der Waals surface area contributed by atoms with Crippen LogP contribution in [0.1, 0.15) is 53.2 Å². The van der Waals surface area contributed by atoms with Crippen molar-refractivity contribution in [3.05, 3.63) is 11.8 Å². The van der Waals surface area contributed by atoms with Crippen LogP contribution < -0.4 is 20.7 Å². The Morgan fingerprint density at radius 1 is 1.18 bits per heavy atom. The first-order valence-corrected chi connectivity index (χ1v) is 14.8. The largest absolute Gasteiger partial charge is 0.470 e. The number of likely N-dealkylation sites (tertiary alicyclic amines) is 1. The minimum absolute atomic E-state index is 0.00158. The molecule has 1 saturated carbocycles. The minimum Gasteiger partial charge on any atom is -0.470 e. The summed E-state index contributed by atoms with van der Waals surface area (Å²) >= 11 is 0.